The molecular weight excluding hydrogens is 300 g/mol. The normalized spacial score (nSPS) is 10.3. The van der Waals surface area contributed by atoms with E-state index in [-0.39, 0.29) is 12.4 Å². The van der Waals surface area contributed by atoms with Gasteiger partial charge in [-0.1, -0.05) is 30.9 Å². The maximum Gasteiger partial charge on any atom is 0.167 e. The van der Waals surface area contributed by atoms with Gasteiger partial charge in [-0.2, -0.15) is 0 Å². The minimum atomic E-state index is -0.701. The minimum absolute atomic E-state index is 0.0444. The van der Waals surface area contributed by atoms with Crippen molar-refractivity contribution in [2.45, 2.75) is 6.54 Å². The quantitative estimate of drug-likeness (QED) is 0.565. The molecule has 0 aromatic heterocycles. The van der Waals surface area contributed by atoms with Gasteiger partial charge in [0, 0.05) is 24.7 Å². The van der Waals surface area contributed by atoms with Crippen molar-refractivity contribution in [3.05, 3.63) is 72.3 Å². The Morgan fingerprint density at radius 2 is 1.87 bits per heavy atom. The fourth-order valence-electron chi connectivity index (χ4n) is 1.99. The lowest BCUT2D eigenvalue weighted by atomic mass is 10.2. The van der Waals surface area contributed by atoms with Crippen LogP contribution in [0, 0.1) is 11.6 Å². The number of benzene rings is 2. The Labute approximate surface area is 134 Å². The molecule has 2 rings (SSSR count). The van der Waals surface area contributed by atoms with Crippen LogP contribution in [-0.4, -0.2) is 19.8 Å². The fraction of sp³-hybridized carbons (Fsp3) is 0.222. The van der Waals surface area contributed by atoms with Crippen molar-refractivity contribution in [3.8, 4) is 11.5 Å². The summed E-state index contributed by atoms with van der Waals surface area (Å²) >= 11 is 0. The molecule has 0 atom stereocenters. The molecule has 0 saturated heterocycles. The Kier molecular flexibility index (Phi) is 6.56. The van der Waals surface area contributed by atoms with Crippen molar-refractivity contribution in [2.75, 3.05) is 19.8 Å². The molecule has 0 amide bonds. The lowest BCUT2D eigenvalue weighted by Crippen LogP contribution is -2.21. The zero-order valence-corrected chi connectivity index (χ0v) is 12.7. The number of nitrogens with one attached hydrogen (secondary N) is 1. The molecule has 0 unspecified atom stereocenters. The van der Waals surface area contributed by atoms with Gasteiger partial charge in [-0.3, -0.25) is 0 Å². The first-order chi connectivity index (χ1) is 11.2. The third-order valence-corrected chi connectivity index (χ3v) is 3.08. The van der Waals surface area contributed by atoms with Gasteiger partial charge in [-0.15, -0.1) is 0 Å². The van der Waals surface area contributed by atoms with E-state index in [1.807, 2.05) is 24.3 Å². The van der Waals surface area contributed by atoms with Gasteiger partial charge in [0.05, 0.1) is 0 Å². The van der Waals surface area contributed by atoms with Crippen LogP contribution < -0.4 is 14.8 Å². The average molecular weight is 319 g/mol. The molecule has 5 heteroatoms. The number of halogens is 2. The second-order valence-electron chi connectivity index (χ2n) is 4.81. The molecule has 122 valence electrons. The lowest BCUT2D eigenvalue weighted by Gasteiger charge is -2.11. The molecule has 2 aromatic rings. The summed E-state index contributed by atoms with van der Waals surface area (Å²) in [6, 6.07) is 10.9. The van der Waals surface area contributed by atoms with Gasteiger partial charge in [0.1, 0.15) is 24.8 Å². The van der Waals surface area contributed by atoms with Gasteiger partial charge >= 0.3 is 0 Å². The van der Waals surface area contributed by atoms with Crippen molar-refractivity contribution in [3.63, 3.8) is 0 Å². The van der Waals surface area contributed by atoms with Gasteiger partial charge in [-0.05, 0) is 18.2 Å². The summed E-state index contributed by atoms with van der Waals surface area (Å²) in [5, 5.41) is 3.19. The van der Waals surface area contributed by atoms with Crippen molar-refractivity contribution in [1.82, 2.24) is 5.32 Å². The number of hydrogen-bond acceptors (Lipinski definition) is 3. The summed E-state index contributed by atoms with van der Waals surface area (Å²) < 4.78 is 37.0. The van der Waals surface area contributed by atoms with Gasteiger partial charge in [0.25, 0.3) is 0 Å². The first-order valence-electron chi connectivity index (χ1n) is 7.31. The van der Waals surface area contributed by atoms with E-state index in [9.17, 15) is 8.78 Å². The molecular formula is C18H19F2NO2. The largest absolute Gasteiger partial charge is 0.489 e. The molecule has 0 aliphatic heterocycles. The average Bonchev–Trinajstić information content (AvgIpc) is 2.55. The third kappa shape index (κ3) is 5.38. The van der Waals surface area contributed by atoms with Crippen LogP contribution in [0.3, 0.4) is 0 Å². The fourth-order valence-corrected chi connectivity index (χ4v) is 1.99. The van der Waals surface area contributed by atoms with Gasteiger partial charge < -0.3 is 14.8 Å². The Bertz CT molecular complexity index is 647. The summed E-state index contributed by atoms with van der Waals surface area (Å²) in [6.07, 6.45) is 1.69. The first kappa shape index (κ1) is 17.0. The maximum atomic E-state index is 13.4. The summed E-state index contributed by atoms with van der Waals surface area (Å²) in [5.41, 5.74) is 1.02. The highest BCUT2D eigenvalue weighted by molar-refractivity contribution is 5.33. The maximum absolute atomic E-state index is 13.4. The summed E-state index contributed by atoms with van der Waals surface area (Å²) in [5.74, 6) is -0.481. The Balaban J connectivity index is 1.76. The molecule has 0 spiro atoms. The van der Waals surface area contributed by atoms with Gasteiger partial charge in [0.15, 0.2) is 11.6 Å². The highest BCUT2D eigenvalue weighted by atomic mass is 19.1. The Morgan fingerprint density at radius 3 is 2.65 bits per heavy atom. The van der Waals surface area contributed by atoms with E-state index in [4.69, 9.17) is 9.47 Å². The number of para-hydroxylation sites is 1. The highest BCUT2D eigenvalue weighted by Crippen LogP contribution is 2.18. The van der Waals surface area contributed by atoms with E-state index in [0.717, 1.165) is 17.4 Å². The van der Waals surface area contributed by atoms with E-state index in [1.165, 1.54) is 12.1 Å². The summed E-state index contributed by atoms with van der Waals surface area (Å²) in [4.78, 5) is 0. The molecule has 1 N–H and O–H groups in total. The molecule has 0 aliphatic rings. The minimum Gasteiger partial charge on any atom is -0.489 e. The molecule has 0 bridgehead atoms. The molecule has 23 heavy (non-hydrogen) atoms. The Morgan fingerprint density at radius 1 is 1.04 bits per heavy atom. The lowest BCUT2D eigenvalue weighted by molar-refractivity contribution is 0.296. The summed E-state index contributed by atoms with van der Waals surface area (Å²) in [6.45, 7) is 5.47. The van der Waals surface area contributed by atoms with Gasteiger partial charge in [-0.25, -0.2) is 8.78 Å². The van der Waals surface area contributed by atoms with Crippen LogP contribution >= 0.6 is 0 Å². The smallest absolute Gasteiger partial charge is 0.167 e. The van der Waals surface area contributed by atoms with E-state index in [0.29, 0.717) is 19.7 Å². The second kappa shape index (κ2) is 8.90. The highest BCUT2D eigenvalue weighted by Gasteiger charge is 2.05. The molecule has 0 aliphatic carbocycles. The van der Waals surface area contributed by atoms with Crippen molar-refractivity contribution in [2.24, 2.45) is 0 Å². The van der Waals surface area contributed by atoms with E-state index < -0.39 is 11.6 Å². The predicted octanol–water partition coefficient (Wildman–Crippen LogP) is 3.70. The number of rotatable bonds is 9. The summed E-state index contributed by atoms with van der Waals surface area (Å²) in [7, 11) is 0. The van der Waals surface area contributed by atoms with E-state index in [2.05, 4.69) is 11.9 Å². The number of ether oxygens (including phenoxy) is 2. The van der Waals surface area contributed by atoms with Crippen LogP contribution in [0.25, 0.3) is 0 Å². The van der Waals surface area contributed by atoms with Crippen LogP contribution in [0.1, 0.15) is 5.56 Å². The van der Waals surface area contributed by atoms with Crippen LogP contribution in [0.4, 0.5) is 8.78 Å². The van der Waals surface area contributed by atoms with Gasteiger partial charge in [0.2, 0.25) is 0 Å². The van der Waals surface area contributed by atoms with Crippen molar-refractivity contribution in [1.29, 1.82) is 0 Å². The molecule has 3 nitrogen and oxygen atoms in total. The molecule has 0 heterocycles. The van der Waals surface area contributed by atoms with Crippen molar-refractivity contribution >= 4 is 0 Å². The van der Waals surface area contributed by atoms with Crippen LogP contribution in [0.15, 0.2) is 55.1 Å². The Hall–Kier alpha value is -2.40. The van der Waals surface area contributed by atoms with Crippen LogP contribution in [-0.2, 0) is 6.54 Å². The molecule has 2 aromatic carbocycles. The number of hydrogen-bond donors (Lipinski definition) is 1. The predicted molar refractivity (Wildman–Crippen MR) is 85.7 cm³/mol. The molecule has 0 fully saturated rings. The van der Waals surface area contributed by atoms with Crippen molar-refractivity contribution < 1.29 is 18.3 Å². The van der Waals surface area contributed by atoms with Crippen LogP contribution in [0.5, 0.6) is 11.5 Å². The van der Waals surface area contributed by atoms with E-state index in [1.54, 1.807) is 6.08 Å². The van der Waals surface area contributed by atoms with E-state index >= 15 is 0 Å². The topological polar surface area (TPSA) is 30.5 Å². The SMILES string of the molecule is C=CCOc1ccccc1CNCCOc1ccc(F)cc1F. The molecule has 0 saturated carbocycles. The second-order valence-corrected chi connectivity index (χ2v) is 4.81. The zero-order valence-electron chi connectivity index (χ0n) is 12.7. The zero-order chi connectivity index (χ0) is 16.5. The standard InChI is InChI=1S/C18H19F2NO2/c1-2-10-22-17-6-4-3-5-14(17)13-21-9-11-23-18-8-7-15(19)12-16(18)20/h2-8,12,21H,1,9-11,13H2. The molecule has 0 radical (unpaired) electrons. The first-order valence-corrected chi connectivity index (χ1v) is 7.31. The monoisotopic (exact) mass is 319 g/mol. The van der Waals surface area contributed by atoms with Crippen LogP contribution in [0.2, 0.25) is 0 Å². The third-order valence-electron chi connectivity index (χ3n) is 3.08.